The Morgan fingerprint density at radius 1 is 0.333 bits per heavy atom. The van der Waals surface area contributed by atoms with E-state index in [4.69, 9.17) is 37.0 Å². The number of esters is 4. The minimum absolute atomic E-state index is 0.102. The van der Waals surface area contributed by atoms with Crippen LogP contribution in [0.1, 0.15) is 305 Å². The molecule has 17 nitrogen and oxygen atoms in total. The molecule has 0 saturated heterocycles. The predicted molar refractivity (Wildman–Crippen MR) is 321 cm³/mol. The van der Waals surface area contributed by atoms with Gasteiger partial charge in [0.15, 0.2) is 12.2 Å². The second-order valence-corrected chi connectivity index (χ2v) is 26.3. The van der Waals surface area contributed by atoms with E-state index in [1.807, 2.05) is 0 Å². The average Bonchev–Trinajstić information content (AvgIpc) is 3.42. The second-order valence-electron chi connectivity index (χ2n) is 23.4. The fourth-order valence-electron chi connectivity index (χ4n) is 9.18. The number of aliphatic hydroxyl groups excluding tert-OH is 1. The van der Waals surface area contributed by atoms with Gasteiger partial charge in [-0.15, -0.1) is 0 Å². The molecule has 0 radical (unpaired) electrons. The number of hydrogen-bond acceptors (Lipinski definition) is 15. The lowest BCUT2D eigenvalue weighted by Crippen LogP contribution is -2.30. The molecule has 81 heavy (non-hydrogen) atoms. The number of rotatable bonds is 61. The Morgan fingerprint density at radius 3 is 0.840 bits per heavy atom. The minimum Gasteiger partial charge on any atom is -0.462 e. The normalized spacial score (nSPS) is 14.4. The number of carbonyl (C=O) groups is 4. The molecule has 0 aliphatic carbocycles. The zero-order valence-corrected chi connectivity index (χ0v) is 53.9. The summed E-state index contributed by atoms with van der Waals surface area (Å²) < 4.78 is 67.7. The van der Waals surface area contributed by atoms with E-state index < -0.39 is 97.5 Å². The highest BCUT2D eigenvalue weighted by Gasteiger charge is 2.30. The zero-order valence-electron chi connectivity index (χ0n) is 52.1. The molecule has 0 aliphatic heterocycles. The third-order valence-corrected chi connectivity index (χ3v) is 16.1. The van der Waals surface area contributed by atoms with Crippen molar-refractivity contribution in [2.45, 2.75) is 323 Å². The third-order valence-electron chi connectivity index (χ3n) is 14.2. The van der Waals surface area contributed by atoms with Crippen LogP contribution in [0.5, 0.6) is 0 Å². The van der Waals surface area contributed by atoms with E-state index in [-0.39, 0.29) is 25.7 Å². The maximum absolute atomic E-state index is 12.9. The molecule has 0 aliphatic rings. The molecular weight excluding hydrogens is 1080 g/mol. The van der Waals surface area contributed by atoms with Crippen LogP contribution in [-0.4, -0.2) is 96.7 Å². The molecule has 0 fully saturated rings. The molecule has 0 aromatic rings. The smallest absolute Gasteiger partial charge is 0.462 e. The van der Waals surface area contributed by atoms with Crippen LogP contribution < -0.4 is 0 Å². The van der Waals surface area contributed by atoms with Crippen LogP contribution in [-0.2, 0) is 65.4 Å². The maximum Gasteiger partial charge on any atom is 0.472 e. The third kappa shape index (κ3) is 56.9. The van der Waals surface area contributed by atoms with Crippen molar-refractivity contribution in [3.8, 4) is 0 Å². The molecule has 3 N–H and O–H groups in total. The standard InChI is InChI=1S/C62H120O17P2/c1-7-9-11-13-14-15-16-17-18-19-20-21-22-27-34-40-46-61(66)79-58(51-73-60(65)45-39-33-28-23-25-31-36-42-54(3)4)53-77-81(70,71)75-49-56(63)48-74-80(68,69)76-52-57(50-72-59(64)44-38-30-12-10-8-2)78-62(67)47-41-35-29-24-26-32-37-43-55(5)6/h54-58,63H,7-53H2,1-6H3,(H,68,69)(H,70,71)/t56-,57+,58+/m0/s1. The fourth-order valence-corrected chi connectivity index (χ4v) is 10.8. The number of carbonyl (C=O) groups excluding carboxylic acids is 4. The Bertz CT molecular complexity index is 1600. The van der Waals surface area contributed by atoms with Crippen LogP contribution in [0.15, 0.2) is 0 Å². The van der Waals surface area contributed by atoms with Crippen LogP contribution in [0, 0.1) is 11.8 Å². The molecule has 2 unspecified atom stereocenters. The summed E-state index contributed by atoms with van der Waals surface area (Å²) in [5, 5.41) is 10.5. The predicted octanol–water partition coefficient (Wildman–Crippen LogP) is 16.9. The molecular formula is C62H120O17P2. The lowest BCUT2D eigenvalue weighted by atomic mass is 10.0. The topological polar surface area (TPSA) is 237 Å². The van der Waals surface area contributed by atoms with Crippen LogP contribution >= 0.6 is 15.6 Å². The number of hydrogen-bond donors (Lipinski definition) is 3. The van der Waals surface area contributed by atoms with E-state index in [9.17, 15) is 43.2 Å². The Labute approximate surface area is 492 Å². The largest absolute Gasteiger partial charge is 0.472 e. The Kier molecular flexibility index (Phi) is 53.4. The molecule has 0 amide bonds. The Morgan fingerprint density at radius 2 is 0.568 bits per heavy atom. The van der Waals surface area contributed by atoms with Gasteiger partial charge >= 0.3 is 39.5 Å². The van der Waals surface area contributed by atoms with Gasteiger partial charge in [0.05, 0.1) is 26.4 Å². The second kappa shape index (κ2) is 54.7. The number of aliphatic hydroxyl groups is 1. The van der Waals surface area contributed by atoms with Crippen molar-refractivity contribution in [1.29, 1.82) is 0 Å². The van der Waals surface area contributed by atoms with E-state index in [2.05, 4.69) is 41.5 Å². The Hall–Kier alpha value is -1.94. The first-order valence-electron chi connectivity index (χ1n) is 32.5. The molecule has 480 valence electrons. The zero-order chi connectivity index (χ0) is 60.1. The van der Waals surface area contributed by atoms with Crippen LogP contribution in [0.4, 0.5) is 0 Å². The lowest BCUT2D eigenvalue weighted by Gasteiger charge is -2.21. The van der Waals surface area contributed by atoms with Gasteiger partial charge in [0, 0.05) is 25.7 Å². The summed E-state index contributed by atoms with van der Waals surface area (Å²) >= 11 is 0. The first-order valence-corrected chi connectivity index (χ1v) is 35.5. The summed E-state index contributed by atoms with van der Waals surface area (Å²) in [6.45, 7) is 9.27. The van der Waals surface area contributed by atoms with Crippen LogP contribution in [0.2, 0.25) is 0 Å². The summed E-state index contributed by atoms with van der Waals surface area (Å²) in [6.07, 6.45) is 36.8. The Balaban J connectivity index is 5.16. The van der Waals surface area contributed by atoms with Crippen molar-refractivity contribution in [2.24, 2.45) is 11.8 Å². The first-order chi connectivity index (χ1) is 38.9. The van der Waals surface area contributed by atoms with Gasteiger partial charge in [-0.2, -0.15) is 0 Å². The van der Waals surface area contributed by atoms with Crippen molar-refractivity contribution >= 4 is 39.5 Å². The minimum atomic E-state index is -4.94. The molecule has 5 atom stereocenters. The quantitative estimate of drug-likeness (QED) is 0.0222. The molecule has 0 rings (SSSR count). The van der Waals surface area contributed by atoms with E-state index in [0.717, 1.165) is 103 Å². The maximum atomic E-state index is 12.9. The van der Waals surface area contributed by atoms with E-state index in [1.165, 1.54) is 109 Å². The summed E-state index contributed by atoms with van der Waals surface area (Å²) in [5.41, 5.74) is 0. The molecule has 0 bridgehead atoms. The van der Waals surface area contributed by atoms with Crippen LogP contribution in [0.25, 0.3) is 0 Å². The fraction of sp³-hybridized carbons (Fsp3) is 0.935. The van der Waals surface area contributed by atoms with Crippen molar-refractivity contribution in [3.63, 3.8) is 0 Å². The van der Waals surface area contributed by atoms with Gasteiger partial charge in [-0.3, -0.25) is 37.3 Å². The molecule has 0 saturated carbocycles. The van der Waals surface area contributed by atoms with Gasteiger partial charge in [-0.05, 0) is 37.5 Å². The van der Waals surface area contributed by atoms with E-state index >= 15 is 0 Å². The summed E-state index contributed by atoms with van der Waals surface area (Å²) in [7, 11) is -9.87. The molecule has 0 aromatic carbocycles. The molecule has 0 heterocycles. The summed E-state index contributed by atoms with van der Waals surface area (Å²) in [5.74, 6) is -0.748. The van der Waals surface area contributed by atoms with Gasteiger partial charge in [-0.1, -0.05) is 253 Å². The number of ether oxygens (including phenoxy) is 4. The first kappa shape index (κ1) is 79.1. The highest BCUT2D eigenvalue weighted by Crippen LogP contribution is 2.45. The van der Waals surface area contributed by atoms with Crippen molar-refractivity contribution in [3.05, 3.63) is 0 Å². The molecule has 0 spiro atoms. The highest BCUT2D eigenvalue weighted by atomic mass is 31.2. The summed E-state index contributed by atoms with van der Waals surface area (Å²) in [4.78, 5) is 71.8. The van der Waals surface area contributed by atoms with Gasteiger partial charge in [0.2, 0.25) is 0 Å². The van der Waals surface area contributed by atoms with E-state index in [1.54, 1.807) is 0 Å². The lowest BCUT2D eigenvalue weighted by molar-refractivity contribution is -0.161. The van der Waals surface area contributed by atoms with Crippen LogP contribution in [0.3, 0.4) is 0 Å². The van der Waals surface area contributed by atoms with E-state index in [0.29, 0.717) is 37.5 Å². The number of phosphoric ester groups is 2. The van der Waals surface area contributed by atoms with Gasteiger partial charge < -0.3 is 33.8 Å². The summed E-state index contributed by atoms with van der Waals surface area (Å²) in [6, 6.07) is 0. The van der Waals surface area contributed by atoms with Crippen molar-refractivity contribution in [1.82, 2.24) is 0 Å². The van der Waals surface area contributed by atoms with Gasteiger partial charge in [0.25, 0.3) is 0 Å². The monoisotopic (exact) mass is 1200 g/mol. The average molecular weight is 1200 g/mol. The number of unbranched alkanes of at least 4 members (excludes halogenated alkanes) is 31. The SMILES string of the molecule is CCCCCCCCCCCCCCCCCCC(=O)O[C@H](COC(=O)CCCCCCCCCC(C)C)COP(=O)(O)OC[C@@H](O)COP(=O)(O)OC[C@@H](COC(=O)CCCCCCC)OC(=O)CCCCCCCCCC(C)C. The highest BCUT2D eigenvalue weighted by molar-refractivity contribution is 7.47. The molecule has 19 heteroatoms. The van der Waals surface area contributed by atoms with Gasteiger partial charge in [0.1, 0.15) is 19.3 Å². The molecule has 0 aromatic heterocycles. The van der Waals surface area contributed by atoms with Gasteiger partial charge in [-0.25, -0.2) is 9.13 Å². The van der Waals surface area contributed by atoms with Crippen molar-refractivity contribution in [2.75, 3.05) is 39.6 Å². The van der Waals surface area contributed by atoms with Crippen molar-refractivity contribution < 1.29 is 80.2 Å². The number of phosphoric acid groups is 2.